The fourth-order valence-electron chi connectivity index (χ4n) is 2.44. The predicted octanol–water partition coefficient (Wildman–Crippen LogP) is 2.76. The second-order valence-corrected chi connectivity index (χ2v) is 6.80. The molecule has 2 fully saturated rings. The van der Waals surface area contributed by atoms with Crippen molar-refractivity contribution in [2.24, 2.45) is 0 Å². The van der Waals surface area contributed by atoms with Crippen LogP contribution in [0.5, 0.6) is 0 Å². The first-order valence-corrected chi connectivity index (χ1v) is 7.61. The van der Waals surface area contributed by atoms with E-state index in [2.05, 4.69) is 44.1 Å². The SMILES string of the molecule is CC1(C)OB(/C=C/c2ccc([C@@H]3CCN3)cn2)OC1(C)C. The van der Waals surface area contributed by atoms with Crippen LogP contribution in [0, 0.1) is 0 Å². The van der Waals surface area contributed by atoms with Gasteiger partial charge in [-0.3, -0.25) is 4.98 Å². The van der Waals surface area contributed by atoms with Crippen LogP contribution in [0.1, 0.15) is 51.4 Å². The van der Waals surface area contributed by atoms with Crippen molar-refractivity contribution in [3.05, 3.63) is 35.6 Å². The molecule has 1 N–H and O–H groups in total. The van der Waals surface area contributed by atoms with Gasteiger partial charge in [-0.05, 0) is 58.4 Å². The van der Waals surface area contributed by atoms with Gasteiger partial charge in [-0.15, -0.1) is 0 Å². The first-order chi connectivity index (χ1) is 9.87. The predicted molar refractivity (Wildman–Crippen MR) is 84.7 cm³/mol. The number of nitrogens with zero attached hydrogens (tertiary/aromatic N) is 1. The Hall–Kier alpha value is -1.17. The number of hydrogen-bond donors (Lipinski definition) is 1. The van der Waals surface area contributed by atoms with Crippen LogP contribution >= 0.6 is 0 Å². The summed E-state index contributed by atoms with van der Waals surface area (Å²) in [4.78, 5) is 4.48. The third kappa shape index (κ3) is 2.91. The lowest BCUT2D eigenvalue weighted by molar-refractivity contribution is 0.00578. The summed E-state index contributed by atoms with van der Waals surface area (Å²) in [5, 5.41) is 3.38. The lowest BCUT2D eigenvalue weighted by Crippen LogP contribution is -2.41. The van der Waals surface area contributed by atoms with E-state index >= 15 is 0 Å². The normalized spacial score (nSPS) is 27.0. The number of aromatic nitrogens is 1. The minimum absolute atomic E-state index is 0.296. The second kappa shape index (κ2) is 5.23. The highest BCUT2D eigenvalue weighted by molar-refractivity contribution is 6.52. The molecule has 1 atom stereocenters. The topological polar surface area (TPSA) is 43.4 Å². The lowest BCUT2D eigenvalue weighted by atomic mass is 9.89. The van der Waals surface area contributed by atoms with E-state index < -0.39 is 0 Å². The summed E-state index contributed by atoms with van der Waals surface area (Å²) in [6, 6.07) is 4.66. The molecule has 1 aromatic heterocycles. The maximum Gasteiger partial charge on any atom is 0.487 e. The van der Waals surface area contributed by atoms with Crippen molar-refractivity contribution in [1.82, 2.24) is 10.3 Å². The van der Waals surface area contributed by atoms with E-state index in [0.717, 1.165) is 12.2 Å². The Morgan fingerprint density at radius 2 is 1.90 bits per heavy atom. The molecule has 0 aromatic carbocycles. The van der Waals surface area contributed by atoms with Gasteiger partial charge < -0.3 is 14.6 Å². The summed E-state index contributed by atoms with van der Waals surface area (Å²) in [5.41, 5.74) is 1.59. The van der Waals surface area contributed by atoms with Crippen molar-refractivity contribution in [1.29, 1.82) is 0 Å². The molecule has 3 rings (SSSR count). The second-order valence-electron chi connectivity index (χ2n) is 6.80. The molecule has 2 aliphatic rings. The third-order valence-corrected chi connectivity index (χ3v) is 4.73. The van der Waals surface area contributed by atoms with Gasteiger partial charge in [0.15, 0.2) is 0 Å². The Morgan fingerprint density at radius 3 is 2.38 bits per heavy atom. The van der Waals surface area contributed by atoms with E-state index in [1.807, 2.05) is 24.3 Å². The van der Waals surface area contributed by atoms with Gasteiger partial charge in [-0.2, -0.15) is 0 Å². The van der Waals surface area contributed by atoms with Gasteiger partial charge in [-0.1, -0.05) is 12.0 Å². The van der Waals surface area contributed by atoms with Gasteiger partial charge in [0.2, 0.25) is 0 Å². The zero-order valence-electron chi connectivity index (χ0n) is 13.2. The van der Waals surface area contributed by atoms with Crippen molar-refractivity contribution < 1.29 is 9.31 Å². The number of rotatable bonds is 3. The number of pyridine rings is 1. The average Bonchev–Trinajstić information content (AvgIpc) is 2.55. The Kier molecular flexibility index (Phi) is 3.68. The summed E-state index contributed by atoms with van der Waals surface area (Å²) in [6.07, 6.45) is 5.10. The van der Waals surface area contributed by atoms with Gasteiger partial charge in [0, 0.05) is 12.2 Å². The summed E-state index contributed by atoms with van der Waals surface area (Å²) in [5.74, 6) is 1.93. The van der Waals surface area contributed by atoms with Crippen LogP contribution in [-0.4, -0.2) is 29.8 Å². The minimum Gasteiger partial charge on any atom is -0.400 e. The number of nitrogens with one attached hydrogen (secondary N) is 1. The van der Waals surface area contributed by atoms with E-state index in [4.69, 9.17) is 9.31 Å². The zero-order chi connectivity index (χ0) is 15.1. The molecule has 4 nitrogen and oxygen atoms in total. The van der Waals surface area contributed by atoms with Crippen LogP contribution < -0.4 is 5.32 Å². The summed E-state index contributed by atoms with van der Waals surface area (Å²) in [6.45, 7) is 9.33. The molecule has 0 aliphatic carbocycles. The average molecular weight is 286 g/mol. The van der Waals surface area contributed by atoms with E-state index in [1.165, 1.54) is 12.0 Å². The molecule has 3 heterocycles. The molecule has 2 saturated heterocycles. The van der Waals surface area contributed by atoms with Crippen LogP contribution in [0.4, 0.5) is 0 Å². The van der Waals surface area contributed by atoms with E-state index in [0.29, 0.717) is 6.04 Å². The highest BCUT2D eigenvalue weighted by Gasteiger charge is 2.49. The smallest absolute Gasteiger partial charge is 0.400 e. The molecule has 0 radical (unpaired) electrons. The molecule has 1 aromatic rings. The third-order valence-electron chi connectivity index (χ3n) is 4.73. The number of hydrogen-bond acceptors (Lipinski definition) is 4. The molecule has 2 aliphatic heterocycles. The lowest BCUT2D eigenvalue weighted by Gasteiger charge is -2.32. The van der Waals surface area contributed by atoms with Crippen molar-refractivity contribution in [3.63, 3.8) is 0 Å². The van der Waals surface area contributed by atoms with Crippen molar-refractivity contribution in [2.75, 3.05) is 6.54 Å². The molecular weight excluding hydrogens is 263 g/mol. The molecule has 0 spiro atoms. The van der Waals surface area contributed by atoms with Crippen molar-refractivity contribution in [2.45, 2.75) is 51.4 Å². The Morgan fingerprint density at radius 1 is 1.24 bits per heavy atom. The van der Waals surface area contributed by atoms with Crippen molar-refractivity contribution >= 4 is 13.2 Å². The molecule has 0 unspecified atom stereocenters. The first kappa shape index (κ1) is 14.8. The van der Waals surface area contributed by atoms with Crippen LogP contribution in [0.2, 0.25) is 0 Å². The zero-order valence-corrected chi connectivity index (χ0v) is 13.2. The molecular formula is C16H23BN2O2. The maximum atomic E-state index is 5.93. The molecule has 21 heavy (non-hydrogen) atoms. The van der Waals surface area contributed by atoms with E-state index in [-0.39, 0.29) is 18.3 Å². The van der Waals surface area contributed by atoms with Gasteiger partial charge in [0.05, 0.1) is 16.9 Å². The fraction of sp³-hybridized carbons (Fsp3) is 0.562. The van der Waals surface area contributed by atoms with Gasteiger partial charge >= 0.3 is 7.12 Å². The maximum absolute atomic E-state index is 5.93. The van der Waals surface area contributed by atoms with Crippen LogP contribution in [0.15, 0.2) is 24.3 Å². The monoisotopic (exact) mass is 286 g/mol. The van der Waals surface area contributed by atoms with Crippen molar-refractivity contribution in [3.8, 4) is 0 Å². The molecule has 0 saturated carbocycles. The van der Waals surface area contributed by atoms with Gasteiger partial charge in [-0.25, -0.2) is 0 Å². The Balaban J connectivity index is 1.64. The molecule has 0 amide bonds. The first-order valence-electron chi connectivity index (χ1n) is 7.61. The summed E-state index contributed by atoms with van der Waals surface area (Å²) >= 11 is 0. The summed E-state index contributed by atoms with van der Waals surface area (Å²) < 4.78 is 11.9. The minimum atomic E-state index is -0.315. The van der Waals surface area contributed by atoms with Gasteiger partial charge in [0.25, 0.3) is 0 Å². The Labute approximate surface area is 127 Å². The highest BCUT2D eigenvalue weighted by Crippen LogP contribution is 2.37. The quantitative estimate of drug-likeness (QED) is 0.868. The fourth-order valence-corrected chi connectivity index (χ4v) is 2.44. The van der Waals surface area contributed by atoms with E-state index in [1.54, 1.807) is 0 Å². The van der Waals surface area contributed by atoms with Crippen LogP contribution in [0.3, 0.4) is 0 Å². The van der Waals surface area contributed by atoms with Crippen LogP contribution in [-0.2, 0) is 9.31 Å². The highest BCUT2D eigenvalue weighted by atomic mass is 16.7. The molecule has 5 heteroatoms. The molecule has 0 bridgehead atoms. The Bertz CT molecular complexity index is 520. The van der Waals surface area contributed by atoms with E-state index in [9.17, 15) is 0 Å². The largest absolute Gasteiger partial charge is 0.487 e. The van der Waals surface area contributed by atoms with Gasteiger partial charge in [0.1, 0.15) is 0 Å². The summed E-state index contributed by atoms with van der Waals surface area (Å²) in [7, 11) is -0.315. The molecule has 112 valence electrons. The standard InChI is InChI=1S/C16H23BN2O2/c1-15(2)16(3,4)21-17(20-15)9-7-13-6-5-12(11-19-13)14-8-10-18-14/h5-7,9,11,14,18H,8,10H2,1-4H3/b9-7+/t14-/m0/s1. The van der Waals surface area contributed by atoms with Crippen LogP contribution in [0.25, 0.3) is 6.08 Å².